The van der Waals surface area contributed by atoms with Gasteiger partial charge in [0.1, 0.15) is 6.61 Å². The van der Waals surface area contributed by atoms with Crippen molar-refractivity contribution < 1.29 is 19.4 Å². The van der Waals surface area contributed by atoms with Crippen LogP contribution in [-0.4, -0.2) is 56.3 Å². The molecule has 1 heterocycles. The molecule has 0 bridgehead atoms. The van der Waals surface area contributed by atoms with Crippen molar-refractivity contribution in [3.63, 3.8) is 0 Å². The van der Waals surface area contributed by atoms with Crippen molar-refractivity contribution >= 4 is 20.1 Å². The van der Waals surface area contributed by atoms with Crippen LogP contribution < -0.4 is 5.32 Å². The number of likely N-dealkylation sites (tertiary alicyclic amines) is 1. The van der Waals surface area contributed by atoms with Crippen molar-refractivity contribution in [1.29, 1.82) is 0 Å². The highest BCUT2D eigenvalue weighted by molar-refractivity contribution is 6.80. The number of benzene rings is 1. The van der Waals surface area contributed by atoms with Gasteiger partial charge in [-0.2, -0.15) is 0 Å². The molecule has 1 aromatic rings. The standard InChI is InChI=1S/C22H34N2O4Si/c1-29(2,3)12-8-7-11-23-21(26)20-13-19(16-25)14-24(15-20)22(27)28-17-18-9-5-4-6-10-18/h4-6,8-10,12,19-20,25H,7,11,13-17H2,1-3H3,(H,23,26)/b12-8-/t19-,20+/m0/s1. The Labute approximate surface area is 174 Å². The first-order valence-corrected chi connectivity index (χ1v) is 13.9. The summed E-state index contributed by atoms with van der Waals surface area (Å²) in [5.41, 5.74) is 3.18. The molecule has 1 saturated heterocycles. The third-order valence-electron chi connectivity index (χ3n) is 4.86. The number of carbonyl (C=O) groups excluding carboxylic acids is 2. The zero-order chi connectivity index (χ0) is 21.3. The number of hydrogen-bond donors (Lipinski definition) is 2. The lowest BCUT2D eigenvalue weighted by Gasteiger charge is -2.35. The number of ether oxygens (including phenoxy) is 1. The highest BCUT2D eigenvalue weighted by Gasteiger charge is 2.34. The van der Waals surface area contributed by atoms with Crippen molar-refractivity contribution in [3.8, 4) is 0 Å². The first kappa shape index (κ1) is 23.2. The minimum atomic E-state index is -1.21. The fourth-order valence-electron chi connectivity index (χ4n) is 3.35. The van der Waals surface area contributed by atoms with E-state index in [-0.39, 0.29) is 31.0 Å². The van der Waals surface area contributed by atoms with E-state index in [0.29, 0.717) is 26.1 Å². The molecule has 1 aliphatic heterocycles. The first-order chi connectivity index (χ1) is 13.8. The molecule has 6 nitrogen and oxygen atoms in total. The Hall–Kier alpha value is -2.12. The fourth-order valence-corrected chi connectivity index (χ4v) is 4.22. The lowest BCUT2D eigenvalue weighted by Crippen LogP contribution is -2.49. The van der Waals surface area contributed by atoms with Crippen molar-refractivity contribution in [2.75, 3.05) is 26.2 Å². The molecular formula is C22H34N2O4Si. The summed E-state index contributed by atoms with van der Waals surface area (Å²) in [7, 11) is -1.21. The molecule has 160 valence electrons. The van der Waals surface area contributed by atoms with E-state index in [4.69, 9.17) is 4.74 Å². The number of amides is 2. The highest BCUT2D eigenvalue weighted by atomic mass is 28.3. The second-order valence-electron chi connectivity index (χ2n) is 8.77. The minimum absolute atomic E-state index is 0.0504. The van der Waals surface area contributed by atoms with Gasteiger partial charge in [0, 0.05) is 32.2 Å². The van der Waals surface area contributed by atoms with E-state index < -0.39 is 14.2 Å². The number of carbonyl (C=O) groups is 2. The fraction of sp³-hybridized carbons (Fsp3) is 0.545. The van der Waals surface area contributed by atoms with Crippen LogP contribution in [0.5, 0.6) is 0 Å². The number of hydrogen-bond acceptors (Lipinski definition) is 4. The number of nitrogens with one attached hydrogen (secondary N) is 1. The van der Waals surface area contributed by atoms with E-state index in [9.17, 15) is 14.7 Å². The third-order valence-corrected chi connectivity index (χ3v) is 6.09. The lowest BCUT2D eigenvalue weighted by molar-refractivity contribution is -0.127. The van der Waals surface area contributed by atoms with Crippen molar-refractivity contribution in [3.05, 3.63) is 47.7 Å². The van der Waals surface area contributed by atoms with Gasteiger partial charge in [-0.3, -0.25) is 4.79 Å². The molecule has 1 aromatic carbocycles. The number of aliphatic hydroxyl groups is 1. The van der Waals surface area contributed by atoms with E-state index in [1.165, 1.54) is 0 Å². The molecule has 1 fully saturated rings. The van der Waals surface area contributed by atoms with Gasteiger partial charge in [-0.25, -0.2) is 4.79 Å². The summed E-state index contributed by atoms with van der Waals surface area (Å²) in [5, 5.41) is 12.6. The van der Waals surface area contributed by atoms with E-state index in [1.807, 2.05) is 30.3 Å². The molecule has 2 N–H and O–H groups in total. The van der Waals surface area contributed by atoms with Crippen LogP contribution in [0, 0.1) is 11.8 Å². The van der Waals surface area contributed by atoms with Gasteiger partial charge in [0.2, 0.25) is 5.91 Å². The zero-order valence-corrected chi connectivity index (χ0v) is 18.8. The van der Waals surface area contributed by atoms with Gasteiger partial charge < -0.3 is 20.1 Å². The molecule has 29 heavy (non-hydrogen) atoms. The average molecular weight is 419 g/mol. The maximum Gasteiger partial charge on any atom is 0.410 e. The van der Waals surface area contributed by atoms with Crippen LogP contribution in [-0.2, 0) is 16.1 Å². The van der Waals surface area contributed by atoms with Gasteiger partial charge in [-0.1, -0.05) is 61.7 Å². The summed E-state index contributed by atoms with van der Waals surface area (Å²) in [6, 6.07) is 9.49. The molecule has 2 amide bonds. The second kappa shape index (κ2) is 11.2. The first-order valence-electron chi connectivity index (χ1n) is 10.3. The van der Waals surface area contributed by atoms with Crippen LogP contribution in [0.1, 0.15) is 18.4 Å². The Morgan fingerprint density at radius 3 is 2.62 bits per heavy atom. The van der Waals surface area contributed by atoms with Gasteiger partial charge in [0.15, 0.2) is 0 Å². The van der Waals surface area contributed by atoms with Crippen molar-refractivity contribution in [2.24, 2.45) is 11.8 Å². The quantitative estimate of drug-likeness (QED) is 0.502. The second-order valence-corrected chi connectivity index (χ2v) is 13.8. The Morgan fingerprint density at radius 1 is 1.24 bits per heavy atom. The molecule has 0 unspecified atom stereocenters. The summed E-state index contributed by atoms with van der Waals surface area (Å²) >= 11 is 0. The summed E-state index contributed by atoms with van der Waals surface area (Å²) in [4.78, 5) is 26.6. The lowest BCUT2D eigenvalue weighted by atomic mass is 9.89. The van der Waals surface area contributed by atoms with Gasteiger partial charge in [-0.05, 0) is 18.4 Å². The molecule has 2 rings (SSSR count). The smallest absolute Gasteiger partial charge is 0.410 e. The van der Waals surface area contributed by atoms with Crippen molar-refractivity contribution in [1.82, 2.24) is 10.2 Å². The van der Waals surface area contributed by atoms with Crippen LogP contribution in [0.4, 0.5) is 4.79 Å². The summed E-state index contributed by atoms with van der Waals surface area (Å²) in [5.74, 6) is -0.507. The maximum atomic E-state index is 12.6. The highest BCUT2D eigenvalue weighted by Crippen LogP contribution is 2.23. The molecule has 0 aliphatic carbocycles. The average Bonchev–Trinajstić information content (AvgIpc) is 2.71. The minimum Gasteiger partial charge on any atom is -0.445 e. The Bertz CT molecular complexity index is 688. The zero-order valence-electron chi connectivity index (χ0n) is 17.8. The van der Waals surface area contributed by atoms with E-state index in [1.54, 1.807) is 4.90 Å². The van der Waals surface area contributed by atoms with Crippen LogP contribution >= 0.6 is 0 Å². The van der Waals surface area contributed by atoms with Crippen LogP contribution in [0.25, 0.3) is 0 Å². The Morgan fingerprint density at radius 2 is 1.97 bits per heavy atom. The monoisotopic (exact) mass is 418 g/mol. The molecule has 0 spiro atoms. The number of aliphatic hydroxyl groups excluding tert-OH is 1. The molecule has 0 saturated carbocycles. The number of nitrogens with zero attached hydrogens (tertiary/aromatic N) is 1. The summed E-state index contributed by atoms with van der Waals surface area (Å²) < 4.78 is 5.40. The maximum absolute atomic E-state index is 12.6. The van der Waals surface area contributed by atoms with Gasteiger partial charge in [0.25, 0.3) is 0 Å². The topological polar surface area (TPSA) is 78.9 Å². The largest absolute Gasteiger partial charge is 0.445 e. The van der Waals surface area contributed by atoms with Gasteiger partial charge in [-0.15, -0.1) is 0 Å². The molecule has 2 atom stereocenters. The summed E-state index contributed by atoms with van der Waals surface area (Å²) in [6.07, 6.45) is 3.07. The predicted octanol–water partition coefficient (Wildman–Crippen LogP) is 3.19. The molecule has 0 aromatic heterocycles. The molecule has 7 heteroatoms. The van der Waals surface area contributed by atoms with Gasteiger partial charge in [0.05, 0.1) is 14.0 Å². The van der Waals surface area contributed by atoms with E-state index in [2.05, 4.69) is 36.7 Å². The normalized spacial score (nSPS) is 19.9. The number of piperidine rings is 1. The summed E-state index contributed by atoms with van der Waals surface area (Å²) in [6.45, 7) is 8.26. The van der Waals surface area contributed by atoms with E-state index >= 15 is 0 Å². The van der Waals surface area contributed by atoms with Gasteiger partial charge >= 0.3 is 6.09 Å². The van der Waals surface area contributed by atoms with Crippen molar-refractivity contribution in [2.45, 2.75) is 39.1 Å². The molecular weight excluding hydrogens is 384 g/mol. The number of rotatable bonds is 8. The Kier molecular flexibility index (Phi) is 8.91. The molecule has 1 aliphatic rings. The van der Waals surface area contributed by atoms with E-state index in [0.717, 1.165) is 12.0 Å². The Balaban J connectivity index is 1.84. The SMILES string of the molecule is C[Si](C)(C)/C=C\CCNC(=O)[C@@H]1C[C@H](CO)CN(C(=O)OCc2ccccc2)C1. The van der Waals surface area contributed by atoms with Crippen LogP contribution in [0.2, 0.25) is 19.6 Å². The predicted molar refractivity (Wildman–Crippen MR) is 117 cm³/mol. The van der Waals surface area contributed by atoms with Crippen LogP contribution in [0.15, 0.2) is 42.1 Å². The third kappa shape index (κ3) is 8.41. The van der Waals surface area contributed by atoms with Crippen LogP contribution in [0.3, 0.4) is 0 Å². The molecule has 0 radical (unpaired) electrons.